The van der Waals surface area contributed by atoms with Crippen molar-refractivity contribution < 1.29 is 0 Å². The van der Waals surface area contributed by atoms with E-state index < -0.39 is 5.41 Å². The summed E-state index contributed by atoms with van der Waals surface area (Å²) in [6, 6.07) is 105. The molecule has 0 unspecified atom stereocenters. The second-order valence-corrected chi connectivity index (χ2v) is 23.4. The van der Waals surface area contributed by atoms with Crippen molar-refractivity contribution in [1.82, 2.24) is 0 Å². The normalized spacial score (nSPS) is 12.1. The Morgan fingerprint density at radius 3 is 0.588 bits per heavy atom. The monoisotopic (exact) mass is 1100 g/mol. The smallest absolute Gasteiger partial charge is 0.0716 e. The van der Waals surface area contributed by atoms with Crippen molar-refractivity contribution in [2.45, 2.75) is 60.8 Å². The highest BCUT2D eigenvalue weighted by Gasteiger charge is 2.47. The number of benzene rings is 12. The molecule has 0 saturated carbocycles. The van der Waals surface area contributed by atoms with Crippen LogP contribution in [0.2, 0.25) is 0 Å². The van der Waals surface area contributed by atoms with E-state index in [-0.39, 0.29) is 0 Å². The van der Waals surface area contributed by atoms with E-state index >= 15 is 0 Å². The van der Waals surface area contributed by atoms with E-state index in [0.29, 0.717) is 0 Å². The molecule has 85 heavy (non-hydrogen) atoms. The molecule has 4 heteroatoms. The van der Waals surface area contributed by atoms with E-state index in [4.69, 9.17) is 0 Å². The maximum absolute atomic E-state index is 2.50. The van der Waals surface area contributed by atoms with Crippen LogP contribution in [0.5, 0.6) is 0 Å². The van der Waals surface area contributed by atoms with Gasteiger partial charge in [-0.2, -0.15) is 0 Å². The Hall–Kier alpha value is -10.2. The first-order chi connectivity index (χ1) is 41.4. The molecule has 0 atom stereocenters. The molecule has 0 fully saturated rings. The lowest BCUT2D eigenvalue weighted by Crippen LogP contribution is -2.30. The fourth-order valence-electron chi connectivity index (χ4n) is 13.1. The van der Waals surface area contributed by atoms with Gasteiger partial charge in [-0.25, -0.2) is 0 Å². The van der Waals surface area contributed by atoms with E-state index in [1.54, 1.807) is 0 Å². The number of hydrogen-bond donors (Lipinski definition) is 0. The Kier molecular flexibility index (Phi) is 14.3. The first kappa shape index (κ1) is 54.1. The van der Waals surface area contributed by atoms with E-state index in [9.17, 15) is 0 Å². The van der Waals surface area contributed by atoms with Crippen molar-refractivity contribution in [1.29, 1.82) is 0 Å². The summed E-state index contributed by atoms with van der Waals surface area (Å²) in [6.45, 7) is 17.5. The van der Waals surface area contributed by atoms with Gasteiger partial charge in [-0.1, -0.05) is 146 Å². The van der Waals surface area contributed by atoms with Crippen LogP contribution in [0.4, 0.5) is 68.2 Å². The number of rotatable bonds is 14. The summed E-state index contributed by atoms with van der Waals surface area (Å²) < 4.78 is 0. The third kappa shape index (κ3) is 10.4. The van der Waals surface area contributed by atoms with Gasteiger partial charge in [0.2, 0.25) is 0 Å². The molecule has 0 spiro atoms. The quantitative estimate of drug-likeness (QED) is 0.108. The van der Waals surface area contributed by atoms with Crippen molar-refractivity contribution in [3.05, 3.63) is 346 Å². The molecular formula is C81H70N4. The van der Waals surface area contributed by atoms with Gasteiger partial charge in [0.15, 0.2) is 0 Å². The molecule has 0 amide bonds. The minimum atomic E-state index is -0.922. The summed E-state index contributed by atoms with van der Waals surface area (Å²) in [5.41, 5.74) is 28.5. The molecule has 0 bridgehead atoms. The topological polar surface area (TPSA) is 13.0 Å². The standard InChI is InChI=1S/C81H70N4/c1-55-21-13-29-65(41-55)82(66-30-14-22-56(2)42-66)73-49-63(50-74(53-73)83(67-31-15-23-57(3)43-67)68-32-16-24-58(4)44-68)81(79-39-11-9-37-77(79)78-38-10-12-40-80(78)81)64-51-75(84(69-33-17-25-59(5)45-69)70-34-18-26-60(6)46-70)54-76(52-64)85(71-35-19-27-61(7)47-71)72-36-20-28-62(8)48-72/h9-54H,1-8H3. The lowest BCUT2D eigenvalue weighted by atomic mass is 9.67. The van der Waals surface area contributed by atoms with Crippen molar-refractivity contribution in [3.8, 4) is 11.1 Å². The zero-order valence-electron chi connectivity index (χ0n) is 49.8. The minimum Gasteiger partial charge on any atom is -0.310 e. The fourth-order valence-corrected chi connectivity index (χ4v) is 13.1. The SMILES string of the molecule is Cc1cccc(N(c2cccc(C)c2)c2cc(N(c3cccc(C)c3)c3cccc(C)c3)cc(C3(c4cc(N(c5cccc(C)c5)c5cccc(C)c5)cc(N(c5cccc(C)c5)c5cccc(C)c5)c4)c4ccccc4-c4ccccc43)c2)c1. The van der Waals surface area contributed by atoms with Crippen LogP contribution in [-0.2, 0) is 5.41 Å². The first-order valence-corrected chi connectivity index (χ1v) is 29.6. The van der Waals surface area contributed by atoms with Crippen LogP contribution in [-0.4, -0.2) is 0 Å². The van der Waals surface area contributed by atoms with Gasteiger partial charge in [0.1, 0.15) is 0 Å². The second-order valence-electron chi connectivity index (χ2n) is 23.4. The molecule has 12 aromatic carbocycles. The average Bonchev–Trinajstić information content (AvgIpc) is 1.84. The van der Waals surface area contributed by atoms with Gasteiger partial charge >= 0.3 is 0 Å². The number of anilines is 12. The summed E-state index contributed by atoms with van der Waals surface area (Å²) in [4.78, 5) is 9.87. The lowest BCUT2D eigenvalue weighted by Gasteiger charge is -2.39. The van der Waals surface area contributed by atoms with Gasteiger partial charge < -0.3 is 19.6 Å². The highest BCUT2D eigenvalue weighted by molar-refractivity contribution is 5.93. The molecule has 0 aliphatic heterocycles. The van der Waals surface area contributed by atoms with Gasteiger partial charge in [0.05, 0.1) is 5.41 Å². The molecule has 1 aliphatic carbocycles. The molecule has 0 heterocycles. The summed E-state index contributed by atoms with van der Waals surface area (Å²) in [5, 5.41) is 0. The molecule has 0 N–H and O–H groups in total. The first-order valence-electron chi connectivity index (χ1n) is 29.6. The van der Waals surface area contributed by atoms with Crippen molar-refractivity contribution >= 4 is 68.2 Å². The van der Waals surface area contributed by atoms with Crippen molar-refractivity contribution in [2.75, 3.05) is 19.6 Å². The summed E-state index contributed by atoms with van der Waals surface area (Å²) in [5.74, 6) is 0. The second kappa shape index (κ2) is 22.5. The van der Waals surface area contributed by atoms with E-state index in [2.05, 4.69) is 354 Å². The average molecular weight is 1100 g/mol. The highest BCUT2D eigenvalue weighted by Crippen LogP contribution is 2.59. The van der Waals surface area contributed by atoms with Crippen LogP contribution < -0.4 is 19.6 Å². The van der Waals surface area contributed by atoms with E-state index in [0.717, 1.165) is 79.4 Å². The zero-order chi connectivity index (χ0) is 58.3. The number of nitrogens with zero attached hydrogens (tertiary/aromatic N) is 4. The van der Waals surface area contributed by atoms with E-state index in [1.165, 1.54) is 66.8 Å². The summed E-state index contributed by atoms with van der Waals surface area (Å²) >= 11 is 0. The molecule has 4 nitrogen and oxygen atoms in total. The van der Waals surface area contributed by atoms with Crippen LogP contribution in [0.1, 0.15) is 66.8 Å². The molecule has 13 rings (SSSR count). The maximum atomic E-state index is 2.50. The van der Waals surface area contributed by atoms with Gasteiger partial charge in [0, 0.05) is 68.2 Å². The number of hydrogen-bond acceptors (Lipinski definition) is 4. The Bertz CT molecular complexity index is 3780. The van der Waals surface area contributed by atoms with E-state index in [1.807, 2.05) is 0 Å². The molecule has 0 radical (unpaired) electrons. The summed E-state index contributed by atoms with van der Waals surface area (Å²) in [7, 11) is 0. The van der Waals surface area contributed by atoms with Crippen LogP contribution in [0.3, 0.4) is 0 Å². The van der Waals surface area contributed by atoms with Crippen molar-refractivity contribution in [3.63, 3.8) is 0 Å². The van der Waals surface area contributed by atoms with Crippen molar-refractivity contribution in [2.24, 2.45) is 0 Å². The molecule has 414 valence electrons. The zero-order valence-corrected chi connectivity index (χ0v) is 49.8. The number of fused-ring (bicyclic) bond motifs is 3. The third-order valence-corrected chi connectivity index (χ3v) is 16.7. The Morgan fingerprint density at radius 2 is 0.388 bits per heavy atom. The lowest BCUT2D eigenvalue weighted by molar-refractivity contribution is 0.768. The van der Waals surface area contributed by atoms with Gasteiger partial charge in [-0.3, -0.25) is 0 Å². The number of aryl methyl sites for hydroxylation is 8. The van der Waals surface area contributed by atoms with Gasteiger partial charge in [0.25, 0.3) is 0 Å². The Morgan fingerprint density at radius 1 is 0.188 bits per heavy atom. The Balaban J connectivity index is 1.22. The highest BCUT2D eigenvalue weighted by atomic mass is 15.2. The van der Waals surface area contributed by atoms with Crippen LogP contribution in [0.25, 0.3) is 11.1 Å². The third-order valence-electron chi connectivity index (χ3n) is 16.7. The molecule has 1 aliphatic rings. The predicted octanol–water partition coefficient (Wildman–Crippen LogP) is 22.4. The largest absolute Gasteiger partial charge is 0.310 e. The Labute approximate surface area is 502 Å². The maximum Gasteiger partial charge on any atom is 0.0716 e. The molecule has 0 saturated heterocycles. The molecule has 12 aromatic rings. The summed E-state index contributed by atoms with van der Waals surface area (Å²) in [6.07, 6.45) is 0. The van der Waals surface area contributed by atoms with Crippen LogP contribution in [0, 0.1) is 55.4 Å². The van der Waals surface area contributed by atoms with Gasteiger partial charge in [-0.15, -0.1) is 0 Å². The fraction of sp³-hybridized carbons (Fsp3) is 0.111. The molecular weight excluding hydrogens is 1030 g/mol. The molecule has 0 aromatic heterocycles. The van der Waals surface area contributed by atoms with Crippen LogP contribution in [0.15, 0.2) is 279 Å². The van der Waals surface area contributed by atoms with Gasteiger partial charge in [-0.05, 0) is 267 Å². The minimum absolute atomic E-state index is 0.922. The predicted molar refractivity (Wildman–Crippen MR) is 360 cm³/mol. The van der Waals surface area contributed by atoms with Crippen LogP contribution >= 0.6 is 0 Å².